The topological polar surface area (TPSA) is 30.0 Å². The van der Waals surface area contributed by atoms with Gasteiger partial charge in [-0.25, -0.2) is 0 Å². The summed E-state index contributed by atoms with van der Waals surface area (Å²) in [5.74, 6) is 0.524. The summed E-state index contributed by atoms with van der Waals surface area (Å²) in [6, 6.07) is 11.6. The standard InChI is InChI=1S/C14H12BrNOS/c1-10-6-7-11(8-16-10)13(17)9-18-14-5-3-2-4-12(14)15/h2-8H,9H2,1H3. The van der Waals surface area contributed by atoms with Gasteiger partial charge in [-0.15, -0.1) is 11.8 Å². The number of halogens is 1. The molecule has 2 rings (SSSR count). The van der Waals surface area contributed by atoms with Gasteiger partial charge in [-0.3, -0.25) is 9.78 Å². The number of pyridine rings is 1. The number of thioether (sulfide) groups is 1. The van der Waals surface area contributed by atoms with Gasteiger partial charge >= 0.3 is 0 Å². The van der Waals surface area contributed by atoms with Gasteiger partial charge in [0.05, 0.1) is 5.75 Å². The molecule has 1 heterocycles. The van der Waals surface area contributed by atoms with E-state index in [0.29, 0.717) is 11.3 Å². The van der Waals surface area contributed by atoms with Crippen molar-refractivity contribution < 1.29 is 4.79 Å². The Labute approximate surface area is 119 Å². The van der Waals surface area contributed by atoms with E-state index < -0.39 is 0 Å². The molecule has 0 aliphatic rings. The highest BCUT2D eigenvalue weighted by molar-refractivity contribution is 9.10. The summed E-state index contributed by atoms with van der Waals surface area (Å²) >= 11 is 5.00. The minimum atomic E-state index is 0.100. The van der Waals surface area contributed by atoms with Crippen LogP contribution in [0.1, 0.15) is 16.1 Å². The lowest BCUT2D eigenvalue weighted by Gasteiger charge is -2.03. The zero-order chi connectivity index (χ0) is 13.0. The van der Waals surface area contributed by atoms with Crippen molar-refractivity contribution in [2.45, 2.75) is 11.8 Å². The zero-order valence-electron chi connectivity index (χ0n) is 9.89. The molecule has 0 bridgehead atoms. The molecule has 0 aliphatic heterocycles. The molecule has 1 aromatic carbocycles. The predicted molar refractivity (Wildman–Crippen MR) is 78.2 cm³/mol. The number of carbonyl (C=O) groups excluding carboxylic acids is 1. The fraction of sp³-hybridized carbons (Fsp3) is 0.143. The number of aromatic nitrogens is 1. The number of ketones is 1. The van der Waals surface area contributed by atoms with Crippen molar-refractivity contribution >= 4 is 33.5 Å². The Balaban J connectivity index is 2.01. The number of carbonyl (C=O) groups is 1. The third kappa shape index (κ3) is 3.43. The maximum Gasteiger partial charge on any atom is 0.174 e. The Morgan fingerprint density at radius 1 is 1.28 bits per heavy atom. The van der Waals surface area contributed by atoms with Crippen LogP contribution in [0.15, 0.2) is 52.0 Å². The highest BCUT2D eigenvalue weighted by Crippen LogP contribution is 2.27. The van der Waals surface area contributed by atoms with Crippen LogP contribution in [0.2, 0.25) is 0 Å². The van der Waals surface area contributed by atoms with Crippen molar-refractivity contribution in [1.82, 2.24) is 4.98 Å². The van der Waals surface area contributed by atoms with E-state index in [9.17, 15) is 4.79 Å². The predicted octanol–water partition coefficient (Wildman–Crippen LogP) is 4.13. The van der Waals surface area contributed by atoms with Gasteiger partial charge in [0, 0.05) is 26.8 Å². The van der Waals surface area contributed by atoms with Crippen molar-refractivity contribution in [3.05, 3.63) is 58.3 Å². The molecule has 0 aliphatic carbocycles. The van der Waals surface area contributed by atoms with Crippen LogP contribution in [0.3, 0.4) is 0 Å². The third-order valence-electron chi connectivity index (χ3n) is 2.43. The van der Waals surface area contributed by atoms with E-state index in [1.807, 2.05) is 43.3 Å². The molecule has 2 aromatic rings. The first-order valence-corrected chi connectivity index (χ1v) is 7.28. The first-order valence-electron chi connectivity index (χ1n) is 5.50. The summed E-state index contributed by atoms with van der Waals surface area (Å²) in [5, 5.41) is 0. The third-order valence-corrected chi connectivity index (χ3v) is 4.46. The van der Waals surface area contributed by atoms with Crippen LogP contribution in [-0.4, -0.2) is 16.5 Å². The van der Waals surface area contributed by atoms with E-state index in [0.717, 1.165) is 15.1 Å². The summed E-state index contributed by atoms with van der Waals surface area (Å²) in [7, 11) is 0. The van der Waals surface area contributed by atoms with E-state index in [2.05, 4.69) is 20.9 Å². The summed E-state index contributed by atoms with van der Waals surface area (Å²) in [5.41, 5.74) is 1.59. The molecule has 0 fully saturated rings. The molecule has 2 nitrogen and oxygen atoms in total. The number of hydrogen-bond acceptors (Lipinski definition) is 3. The van der Waals surface area contributed by atoms with E-state index in [-0.39, 0.29) is 5.78 Å². The highest BCUT2D eigenvalue weighted by atomic mass is 79.9. The van der Waals surface area contributed by atoms with Gasteiger partial charge in [0.25, 0.3) is 0 Å². The fourth-order valence-corrected chi connectivity index (χ4v) is 2.88. The van der Waals surface area contributed by atoms with Crippen LogP contribution in [0, 0.1) is 6.92 Å². The molecule has 0 unspecified atom stereocenters. The number of hydrogen-bond donors (Lipinski definition) is 0. The van der Waals surface area contributed by atoms with Crippen molar-refractivity contribution in [2.24, 2.45) is 0 Å². The maximum absolute atomic E-state index is 12.0. The molecule has 0 saturated carbocycles. The van der Waals surface area contributed by atoms with E-state index in [1.54, 1.807) is 6.20 Å². The lowest BCUT2D eigenvalue weighted by Crippen LogP contribution is -2.03. The average molecular weight is 322 g/mol. The summed E-state index contributed by atoms with van der Waals surface area (Å²) in [4.78, 5) is 17.2. The number of nitrogens with zero attached hydrogens (tertiary/aromatic N) is 1. The Kier molecular flexibility index (Phi) is 4.55. The van der Waals surface area contributed by atoms with Crippen LogP contribution in [-0.2, 0) is 0 Å². The van der Waals surface area contributed by atoms with Crippen LogP contribution in [0.25, 0.3) is 0 Å². The molecule has 0 N–H and O–H groups in total. The summed E-state index contributed by atoms with van der Waals surface area (Å²) in [6.07, 6.45) is 1.64. The van der Waals surface area contributed by atoms with Gasteiger partial charge in [0.15, 0.2) is 5.78 Å². The van der Waals surface area contributed by atoms with Crippen LogP contribution < -0.4 is 0 Å². The molecule has 0 amide bonds. The average Bonchev–Trinajstić information content (AvgIpc) is 2.38. The van der Waals surface area contributed by atoms with Gasteiger partial charge in [0.1, 0.15) is 0 Å². The van der Waals surface area contributed by atoms with Crippen molar-refractivity contribution in [3.63, 3.8) is 0 Å². The quantitative estimate of drug-likeness (QED) is 0.626. The van der Waals surface area contributed by atoms with Crippen molar-refractivity contribution in [1.29, 1.82) is 0 Å². The van der Waals surface area contributed by atoms with Crippen molar-refractivity contribution in [3.8, 4) is 0 Å². The van der Waals surface area contributed by atoms with E-state index in [4.69, 9.17) is 0 Å². The Bertz CT molecular complexity index is 554. The molecular weight excluding hydrogens is 310 g/mol. The molecule has 18 heavy (non-hydrogen) atoms. The number of rotatable bonds is 4. The van der Waals surface area contributed by atoms with Crippen LogP contribution in [0.4, 0.5) is 0 Å². The summed E-state index contributed by atoms with van der Waals surface area (Å²) < 4.78 is 1.02. The van der Waals surface area contributed by atoms with Crippen LogP contribution >= 0.6 is 27.7 Å². The second-order valence-electron chi connectivity index (χ2n) is 3.83. The van der Waals surface area contributed by atoms with Crippen LogP contribution in [0.5, 0.6) is 0 Å². The number of benzene rings is 1. The van der Waals surface area contributed by atoms with E-state index in [1.165, 1.54) is 11.8 Å². The first-order chi connectivity index (χ1) is 8.66. The SMILES string of the molecule is Cc1ccc(C(=O)CSc2ccccc2Br)cn1. The zero-order valence-corrected chi connectivity index (χ0v) is 12.3. The molecule has 0 spiro atoms. The Hall–Kier alpha value is -1.13. The monoisotopic (exact) mass is 321 g/mol. The largest absolute Gasteiger partial charge is 0.293 e. The van der Waals surface area contributed by atoms with Gasteiger partial charge in [-0.1, -0.05) is 12.1 Å². The second kappa shape index (κ2) is 6.16. The first kappa shape index (κ1) is 13.3. The number of aryl methyl sites for hydroxylation is 1. The lowest BCUT2D eigenvalue weighted by molar-refractivity contribution is 0.102. The second-order valence-corrected chi connectivity index (χ2v) is 5.70. The Morgan fingerprint density at radius 2 is 2.06 bits per heavy atom. The molecule has 0 atom stereocenters. The van der Waals surface area contributed by atoms with E-state index >= 15 is 0 Å². The minimum Gasteiger partial charge on any atom is -0.293 e. The van der Waals surface area contributed by atoms with Gasteiger partial charge < -0.3 is 0 Å². The molecule has 1 aromatic heterocycles. The molecule has 4 heteroatoms. The molecule has 0 saturated heterocycles. The number of Topliss-reactive ketones (excluding diaryl/α,β-unsaturated/α-hetero) is 1. The smallest absolute Gasteiger partial charge is 0.174 e. The van der Waals surface area contributed by atoms with Gasteiger partial charge in [-0.2, -0.15) is 0 Å². The molecule has 92 valence electrons. The van der Waals surface area contributed by atoms with Gasteiger partial charge in [-0.05, 0) is 47.1 Å². The fourth-order valence-electron chi connectivity index (χ4n) is 1.42. The van der Waals surface area contributed by atoms with Gasteiger partial charge in [0.2, 0.25) is 0 Å². The summed E-state index contributed by atoms with van der Waals surface area (Å²) in [6.45, 7) is 1.91. The van der Waals surface area contributed by atoms with Crippen molar-refractivity contribution in [2.75, 3.05) is 5.75 Å². The molecule has 0 radical (unpaired) electrons. The minimum absolute atomic E-state index is 0.100. The molecular formula is C14H12BrNOS. The lowest BCUT2D eigenvalue weighted by atomic mass is 10.2. The highest BCUT2D eigenvalue weighted by Gasteiger charge is 2.08. The Morgan fingerprint density at radius 3 is 2.72 bits per heavy atom. The maximum atomic E-state index is 12.0. The normalized spacial score (nSPS) is 10.3.